The van der Waals surface area contributed by atoms with Gasteiger partial charge in [0.05, 0.1) is 12.1 Å². The van der Waals surface area contributed by atoms with E-state index in [4.69, 9.17) is 5.73 Å². The molecule has 3 heteroatoms. The lowest BCUT2D eigenvalue weighted by Crippen LogP contribution is -2.14. The summed E-state index contributed by atoms with van der Waals surface area (Å²) in [6.07, 6.45) is 1.76. The van der Waals surface area contributed by atoms with Gasteiger partial charge in [-0.05, 0) is 24.6 Å². The molecule has 76 valence electrons. The molecule has 0 bridgehead atoms. The summed E-state index contributed by atoms with van der Waals surface area (Å²) in [5.41, 5.74) is 7.77. The fraction of sp³-hybridized carbons (Fsp3) is 0.167. The smallest absolute Gasteiger partial charge is 0.178 e. The first kappa shape index (κ1) is 9.80. The summed E-state index contributed by atoms with van der Waals surface area (Å²) >= 11 is 0. The van der Waals surface area contributed by atoms with Crippen LogP contribution in [0, 0.1) is 6.92 Å². The second kappa shape index (κ2) is 3.79. The molecule has 0 aliphatic heterocycles. The van der Waals surface area contributed by atoms with Crippen LogP contribution in [-0.4, -0.2) is 17.3 Å². The third kappa shape index (κ3) is 1.74. The normalized spacial score (nSPS) is 10.5. The number of nitrogens with zero attached hydrogens (tertiary/aromatic N) is 1. The minimum absolute atomic E-state index is 0.0225. The molecule has 0 unspecified atom stereocenters. The molecule has 1 aromatic carbocycles. The molecule has 2 aromatic rings. The molecule has 0 radical (unpaired) electrons. The van der Waals surface area contributed by atoms with E-state index < -0.39 is 0 Å². The van der Waals surface area contributed by atoms with Gasteiger partial charge in [0.2, 0.25) is 0 Å². The number of Topliss-reactive ketones (excluding diaryl/α,β-unsaturated/α-hetero) is 1. The van der Waals surface area contributed by atoms with Crippen LogP contribution in [0.25, 0.3) is 10.9 Å². The largest absolute Gasteiger partial charge is 0.324 e. The van der Waals surface area contributed by atoms with E-state index >= 15 is 0 Å². The summed E-state index contributed by atoms with van der Waals surface area (Å²) in [6, 6.07) is 7.57. The Morgan fingerprint density at radius 1 is 1.47 bits per heavy atom. The number of carbonyl (C=O) groups excluding carboxylic acids is 1. The SMILES string of the molecule is Cc1cnc2c(C(=O)CN)cccc2c1. The van der Waals surface area contributed by atoms with Crippen molar-refractivity contribution in [2.45, 2.75) is 6.92 Å². The third-order valence-electron chi connectivity index (χ3n) is 2.33. The zero-order valence-corrected chi connectivity index (χ0v) is 8.53. The van der Waals surface area contributed by atoms with Crippen LogP contribution < -0.4 is 5.73 Å². The van der Waals surface area contributed by atoms with Gasteiger partial charge in [0.1, 0.15) is 0 Å². The van der Waals surface area contributed by atoms with Crippen molar-refractivity contribution in [3.63, 3.8) is 0 Å². The van der Waals surface area contributed by atoms with Crippen molar-refractivity contribution >= 4 is 16.7 Å². The molecule has 2 N–H and O–H groups in total. The summed E-state index contributed by atoms with van der Waals surface area (Å²) in [6.45, 7) is 2.00. The lowest BCUT2D eigenvalue weighted by Gasteiger charge is -2.03. The number of carbonyl (C=O) groups is 1. The Labute approximate surface area is 87.9 Å². The number of hydrogen-bond donors (Lipinski definition) is 1. The van der Waals surface area contributed by atoms with Crippen molar-refractivity contribution in [2.75, 3.05) is 6.54 Å². The minimum atomic E-state index is -0.0723. The Morgan fingerprint density at radius 2 is 2.27 bits per heavy atom. The molecule has 0 aliphatic rings. The van der Waals surface area contributed by atoms with E-state index in [1.807, 2.05) is 25.1 Å². The van der Waals surface area contributed by atoms with Gasteiger partial charge < -0.3 is 5.73 Å². The van der Waals surface area contributed by atoms with Crippen LogP contribution >= 0.6 is 0 Å². The lowest BCUT2D eigenvalue weighted by atomic mass is 10.1. The van der Waals surface area contributed by atoms with Gasteiger partial charge in [-0.15, -0.1) is 0 Å². The number of fused-ring (bicyclic) bond motifs is 1. The highest BCUT2D eigenvalue weighted by Gasteiger charge is 2.08. The summed E-state index contributed by atoms with van der Waals surface area (Å²) in [7, 11) is 0. The van der Waals surface area contributed by atoms with Gasteiger partial charge in [0.25, 0.3) is 0 Å². The van der Waals surface area contributed by atoms with E-state index in [9.17, 15) is 4.79 Å². The quantitative estimate of drug-likeness (QED) is 0.750. The van der Waals surface area contributed by atoms with E-state index in [0.717, 1.165) is 16.5 Å². The van der Waals surface area contributed by atoms with Crippen LogP contribution in [0.2, 0.25) is 0 Å². The van der Waals surface area contributed by atoms with Gasteiger partial charge in [-0.2, -0.15) is 0 Å². The number of nitrogens with two attached hydrogens (primary N) is 1. The molecule has 2 rings (SSSR count). The first-order valence-corrected chi connectivity index (χ1v) is 4.81. The third-order valence-corrected chi connectivity index (χ3v) is 2.33. The molecule has 0 spiro atoms. The van der Waals surface area contributed by atoms with Crippen molar-refractivity contribution in [2.24, 2.45) is 5.73 Å². The molecule has 0 amide bonds. The molecule has 1 heterocycles. The predicted octanol–water partition coefficient (Wildman–Crippen LogP) is 1.68. The zero-order chi connectivity index (χ0) is 10.8. The highest BCUT2D eigenvalue weighted by atomic mass is 16.1. The average molecular weight is 200 g/mol. The van der Waals surface area contributed by atoms with Gasteiger partial charge >= 0.3 is 0 Å². The molecule has 0 saturated carbocycles. The predicted molar refractivity (Wildman–Crippen MR) is 59.9 cm³/mol. The second-order valence-corrected chi connectivity index (χ2v) is 3.52. The second-order valence-electron chi connectivity index (χ2n) is 3.52. The fourth-order valence-corrected chi connectivity index (χ4v) is 1.61. The molecule has 15 heavy (non-hydrogen) atoms. The first-order valence-electron chi connectivity index (χ1n) is 4.81. The highest BCUT2D eigenvalue weighted by Crippen LogP contribution is 2.17. The number of aryl methyl sites for hydroxylation is 1. The van der Waals surface area contributed by atoms with Gasteiger partial charge in [-0.25, -0.2) is 0 Å². The maximum absolute atomic E-state index is 11.5. The monoisotopic (exact) mass is 200 g/mol. The summed E-state index contributed by atoms with van der Waals surface area (Å²) < 4.78 is 0. The van der Waals surface area contributed by atoms with Gasteiger partial charge in [-0.1, -0.05) is 12.1 Å². The van der Waals surface area contributed by atoms with Crippen molar-refractivity contribution < 1.29 is 4.79 Å². The Kier molecular flexibility index (Phi) is 2.47. The zero-order valence-electron chi connectivity index (χ0n) is 8.53. The lowest BCUT2D eigenvalue weighted by molar-refractivity contribution is 0.100. The van der Waals surface area contributed by atoms with Crippen LogP contribution in [0.4, 0.5) is 0 Å². The number of benzene rings is 1. The fourth-order valence-electron chi connectivity index (χ4n) is 1.61. The van der Waals surface area contributed by atoms with Crippen molar-refractivity contribution in [3.05, 3.63) is 41.6 Å². The number of rotatable bonds is 2. The van der Waals surface area contributed by atoms with Crippen LogP contribution in [0.5, 0.6) is 0 Å². The van der Waals surface area contributed by atoms with Crippen LogP contribution in [0.3, 0.4) is 0 Å². The maximum Gasteiger partial charge on any atom is 0.178 e. The number of hydrogen-bond acceptors (Lipinski definition) is 3. The van der Waals surface area contributed by atoms with E-state index in [-0.39, 0.29) is 12.3 Å². The standard InChI is InChI=1S/C12H12N2O/c1-8-5-9-3-2-4-10(11(15)6-13)12(9)14-7-8/h2-5,7H,6,13H2,1H3. The van der Waals surface area contributed by atoms with Gasteiger partial charge in [-0.3, -0.25) is 9.78 Å². The summed E-state index contributed by atoms with van der Waals surface area (Å²) in [5.74, 6) is -0.0723. The number of para-hydroxylation sites is 1. The Hall–Kier alpha value is -1.74. The van der Waals surface area contributed by atoms with E-state index in [2.05, 4.69) is 4.98 Å². The highest BCUT2D eigenvalue weighted by molar-refractivity contribution is 6.07. The van der Waals surface area contributed by atoms with Crippen molar-refractivity contribution in [1.29, 1.82) is 0 Å². The Bertz CT molecular complexity index is 520. The van der Waals surface area contributed by atoms with Crippen molar-refractivity contribution in [3.8, 4) is 0 Å². The molecule has 1 aromatic heterocycles. The molecule has 0 atom stereocenters. The molecule has 0 aliphatic carbocycles. The van der Waals surface area contributed by atoms with Gasteiger partial charge in [0.15, 0.2) is 5.78 Å². The Balaban J connectivity index is 2.71. The maximum atomic E-state index is 11.5. The number of pyridine rings is 1. The number of aromatic nitrogens is 1. The molecule has 3 nitrogen and oxygen atoms in total. The molecular weight excluding hydrogens is 188 g/mol. The summed E-state index contributed by atoms with van der Waals surface area (Å²) in [5, 5.41) is 0.981. The van der Waals surface area contributed by atoms with E-state index in [0.29, 0.717) is 5.56 Å². The summed E-state index contributed by atoms with van der Waals surface area (Å²) in [4.78, 5) is 15.8. The van der Waals surface area contributed by atoms with Crippen LogP contribution in [0.1, 0.15) is 15.9 Å². The van der Waals surface area contributed by atoms with Crippen molar-refractivity contribution in [1.82, 2.24) is 4.98 Å². The topological polar surface area (TPSA) is 56.0 Å². The Morgan fingerprint density at radius 3 is 3.00 bits per heavy atom. The first-order chi connectivity index (χ1) is 7.22. The molecule has 0 fully saturated rings. The van der Waals surface area contributed by atoms with E-state index in [1.54, 1.807) is 12.3 Å². The van der Waals surface area contributed by atoms with E-state index in [1.165, 1.54) is 0 Å². The molecular formula is C12H12N2O. The van der Waals surface area contributed by atoms with Crippen LogP contribution in [0.15, 0.2) is 30.5 Å². The number of ketones is 1. The van der Waals surface area contributed by atoms with Crippen LogP contribution in [-0.2, 0) is 0 Å². The molecule has 0 saturated heterocycles. The minimum Gasteiger partial charge on any atom is -0.324 e. The van der Waals surface area contributed by atoms with Gasteiger partial charge in [0, 0.05) is 17.1 Å². The average Bonchev–Trinajstić information content (AvgIpc) is 2.26.